The molecule has 0 bridgehead atoms. The molecule has 0 saturated heterocycles. The molecule has 0 atom stereocenters. The lowest BCUT2D eigenvalue weighted by molar-refractivity contribution is 0.0480. The first-order valence-electron chi connectivity index (χ1n) is 15.6. The van der Waals surface area contributed by atoms with Gasteiger partial charge in [-0.25, -0.2) is 9.97 Å². The second kappa shape index (κ2) is 10.5. The molecular formula is C43H26F2N2. The van der Waals surface area contributed by atoms with Crippen LogP contribution in [0.2, 0.25) is 0 Å². The normalized spacial score (nSPS) is 13.1. The average Bonchev–Trinajstić information content (AvgIpc) is 3.36. The minimum absolute atomic E-state index is 0.0444. The molecule has 222 valence electrons. The number of alkyl halides is 2. The van der Waals surface area contributed by atoms with E-state index in [1.165, 1.54) is 6.07 Å². The van der Waals surface area contributed by atoms with Crippen LogP contribution in [0.3, 0.4) is 0 Å². The van der Waals surface area contributed by atoms with Gasteiger partial charge in [0.2, 0.25) is 0 Å². The molecule has 2 nitrogen and oxygen atoms in total. The molecule has 0 amide bonds. The van der Waals surface area contributed by atoms with E-state index in [0.29, 0.717) is 17.0 Å². The molecule has 0 unspecified atom stereocenters. The summed E-state index contributed by atoms with van der Waals surface area (Å²) in [5.74, 6) is -2.45. The first kappa shape index (κ1) is 27.3. The Bertz CT molecular complexity index is 2500. The highest BCUT2D eigenvalue weighted by Crippen LogP contribution is 2.52. The molecule has 0 spiro atoms. The predicted octanol–water partition coefficient (Wildman–Crippen LogP) is 11.6. The Morgan fingerprint density at radius 3 is 1.83 bits per heavy atom. The fourth-order valence-electron chi connectivity index (χ4n) is 7.00. The summed E-state index contributed by atoms with van der Waals surface area (Å²) in [6, 6.07) is 51.1. The van der Waals surface area contributed by atoms with E-state index in [2.05, 4.69) is 54.6 Å². The van der Waals surface area contributed by atoms with Crippen LogP contribution in [-0.4, -0.2) is 9.97 Å². The Balaban J connectivity index is 1.24. The first-order valence-corrected chi connectivity index (χ1v) is 15.6. The standard InChI is InChI=1S/C43H26F2N2/c44-43(45)38-20-9-8-18-34(38)35-22-21-29(25-39(35)43)31-23-24-37(33-17-7-6-16-32(31)33)42-46-40(28-12-2-1-3-13-28)26-41(47-42)36-19-10-14-27-11-4-5-15-30(27)36/h1-26H. The van der Waals surface area contributed by atoms with Gasteiger partial charge in [-0.15, -0.1) is 0 Å². The number of benzene rings is 7. The van der Waals surface area contributed by atoms with Crippen LogP contribution >= 0.6 is 0 Å². The number of halogens is 2. The quantitative estimate of drug-likeness (QED) is 0.199. The monoisotopic (exact) mass is 608 g/mol. The zero-order valence-corrected chi connectivity index (χ0v) is 25.2. The van der Waals surface area contributed by atoms with E-state index in [4.69, 9.17) is 9.97 Å². The van der Waals surface area contributed by atoms with Gasteiger partial charge in [0.25, 0.3) is 5.92 Å². The predicted molar refractivity (Wildman–Crippen MR) is 187 cm³/mol. The van der Waals surface area contributed by atoms with E-state index in [9.17, 15) is 0 Å². The van der Waals surface area contributed by atoms with E-state index in [1.807, 2.05) is 78.9 Å². The molecule has 1 aliphatic carbocycles. The van der Waals surface area contributed by atoms with Crippen molar-refractivity contribution in [3.63, 3.8) is 0 Å². The van der Waals surface area contributed by atoms with Crippen molar-refractivity contribution in [2.75, 3.05) is 0 Å². The Morgan fingerprint density at radius 1 is 0.383 bits per heavy atom. The summed E-state index contributed by atoms with van der Waals surface area (Å²) >= 11 is 0. The summed E-state index contributed by atoms with van der Waals surface area (Å²) in [4.78, 5) is 10.3. The largest absolute Gasteiger partial charge is 0.299 e. The van der Waals surface area contributed by atoms with Crippen molar-refractivity contribution in [1.82, 2.24) is 9.97 Å². The zero-order chi connectivity index (χ0) is 31.5. The molecule has 0 N–H and O–H groups in total. The SMILES string of the molecule is FC1(F)c2ccccc2-c2ccc(-c3ccc(-c4nc(-c5ccccc5)cc(-c5cccc6ccccc56)n4)c4ccccc34)cc21. The van der Waals surface area contributed by atoms with Gasteiger partial charge in [-0.05, 0) is 62.0 Å². The fraction of sp³-hybridized carbons (Fsp3) is 0.0233. The van der Waals surface area contributed by atoms with Gasteiger partial charge in [0.15, 0.2) is 5.82 Å². The smallest absolute Gasteiger partial charge is 0.228 e. The van der Waals surface area contributed by atoms with Crippen LogP contribution in [0.15, 0.2) is 158 Å². The fourth-order valence-corrected chi connectivity index (χ4v) is 7.00. The molecule has 47 heavy (non-hydrogen) atoms. The van der Waals surface area contributed by atoms with Crippen molar-refractivity contribution >= 4 is 21.5 Å². The minimum Gasteiger partial charge on any atom is -0.228 e. The maximum atomic E-state index is 15.7. The van der Waals surface area contributed by atoms with Crippen LogP contribution in [0.4, 0.5) is 8.78 Å². The van der Waals surface area contributed by atoms with Crippen molar-refractivity contribution in [3.8, 4) is 56.2 Å². The minimum atomic E-state index is -3.05. The third-order valence-corrected chi connectivity index (χ3v) is 9.25. The second-order valence-corrected chi connectivity index (χ2v) is 11.9. The van der Waals surface area contributed by atoms with Crippen LogP contribution in [-0.2, 0) is 5.92 Å². The van der Waals surface area contributed by atoms with Crippen molar-refractivity contribution in [3.05, 3.63) is 169 Å². The van der Waals surface area contributed by atoms with Crippen LogP contribution < -0.4 is 0 Å². The summed E-state index contributed by atoms with van der Waals surface area (Å²) in [5.41, 5.74) is 7.48. The maximum absolute atomic E-state index is 15.7. The Labute approximate surface area is 270 Å². The molecule has 7 aromatic carbocycles. The topological polar surface area (TPSA) is 25.8 Å². The average molecular weight is 609 g/mol. The Kier molecular flexibility index (Phi) is 6.12. The highest BCUT2D eigenvalue weighted by molar-refractivity contribution is 6.05. The van der Waals surface area contributed by atoms with E-state index >= 15 is 8.78 Å². The van der Waals surface area contributed by atoms with Crippen molar-refractivity contribution in [1.29, 1.82) is 0 Å². The number of rotatable bonds is 4. The maximum Gasteiger partial charge on any atom is 0.299 e. The van der Waals surface area contributed by atoms with Crippen LogP contribution in [0.1, 0.15) is 11.1 Å². The molecule has 0 aliphatic heterocycles. The molecule has 0 fully saturated rings. The van der Waals surface area contributed by atoms with Crippen LogP contribution in [0.5, 0.6) is 0 Å². The summed E-state index contributed by atoms with van der Waals surface area (Å²) in [6.07, 6.45) is 0. The first-order chi connectivity index (χ1) is 23.1. The van der Waals surface area contributed by atoms with Gasteiger partial charge < -0.3 is 0 Å². The highest BCUT2D eigenvalue weighted by Gasteiger charge is 2.44. The van der Waals surface area contributed by atoms with Gasteiger partial charge in [0.1, 0.15) is 0 Å². The Hall–Kier alpha value is -6.00. The third-order valence-electron chi connectivity index (χ3n) is 9.25. The number of hydrogen-bond acceptors (Lipinski definition) is 2. The molecule has 1 aromatic heterocycles. The lowest BCUT2D eigenvalue weighted by Crippen LogP contribution is -2.10. The number of aromatic nitrogens is 2. The number of nitrogens with zero attached hydrogens (tertiary/aromatic N) is 2. The molecule has 1 heterocycles. The van der Waals surface area contributed by atoms with E-state index in [1.54, 1.807) is 18.2 Å². The van der Waals surface area contributed by atoms with Gasteiger partial charge in [-0.1, -0.05) is 140 Å². The summed E-state index contributed by atoms with van der Waals surface area (Å²) < 4.78 is 31.3. The van der Waals surface area contributed by atoms with Crippen LogP contribution in [0, 0.1) is 0 Å². The lowest BCUT2D eigenvalue weighted by atomic mass is 9.92. The van der Waals surface area contributed by atoms with Crippen molar-refractivity contribution in [2.24, 2.45) is 0 Å². The summed E-state index contributed by atoms with van der Waals surface area (Å²) in [5, 5.41) is 4.16. The highest BCUT2D eigenvalue weighted by atomic mass is 19.3. The number of fused-ring (bicyclic) bond motifs is 5. The number of hydrogen-bond donors (Lipinski definition) is 0. The summed E-state index contributed by atoms with van der Waals surface area (Å²) in [6.45, 7) is 0. The molecule has 0 saturated carbocycles. The summed E-state index contributed by atoms with van der Waals surface area (Å²) in [7, 11) is 0. The van der Waals surface area contributed by atoms with E-state index in [-0.39, 0.29) is 11.1 Å². The van der Waals surface area contributed by atoms with Gasteiger partial charge >= 0.3 is 0 Å². The van der Waals surface area contributed by atoms with Gasteiger partial charge in [-0.3, -0.25) is 0 Å². The molecule has 4 heteroatoms. The van der Waals surface area contributed by atoms with E-state index in [0.717, 1.165) is 60.8 Å². The molecule has 1 aliphatic rings. The van der Waals surface area contributed by atoms with Crippen molar-refractivity contribution < 1.29 is 8.78 Å². The molecule has 0 radical (unpaired) electrons. The van der Waals surface area contributed by atoms with E-state index < -0.39 is 5.92 Å². The van der Waals surface area contributed by atoms with Crippen LogP contribution in [0.25, 0.3) is 77.7 Å². The Morgan fingerprint density at radius 2 is 0.979 bits per heavy atom. The molecule has 8 aromatic rings. The van der Waals surface area contributed by atoms with Gasteiger partial charge in [0, 0.05) is 27.8 Å². The lowest BCUT2D eigenvalue weighted by Gasteiger charge is -2.16. The molecule has 9 rings (SSSR count). The van der Waals surface area contributed by atoms with Gasteiger partial charge in [-0.2, -0.15) is 8.78 Å². The zero-order valence-electron chi connectivity index (χ0n) is 25.2. The third kappa shape index (κ3) is 4.37. The second-order valence-electron chi connectivity index (χ2n) is 11.9. The van der Waals surface area contributed by atoms with Gasteiger partial charge in [0.05, 0.1) is 11.4 Å². The van der Waals surface area contributed by atoms with Crippen molar-refractivity contribution in [2.45, 2.75) is 5.92 Å². The molecular weight excluding hydrogens is 582 g/mol.